The van der Waals surface area contributed by atoms with Crippen LogP contribution >= 0.6 is 11.8 Å². The molecule has 0 aromatic heterocycles. The molecule has 0 aliphatic carbocycles. The number of likely N-dealkylation sites (tertiary alicyclic amines) is 1. The van der Waals surface area contributed by atoms with Crippen LogP contribution in [0.5, 0.6) is 0 Å². The van der Waals surface area contributed by atoms with Gasteiger partial charge in [-0.3, -0.25) is 14.4 Å². The van der Waals surface area contributed by atoms with Crippen LogP contribution in [0, 0.1) is 11.3 Å². The molecule has 1 unspecified atom stereocenters. The molecule has 3 rings (SSSR count). The van der Waals surface area contributed by atoms with Crippen LogP contribution in [-0.4, -0.2) is 66.9 Å². The summed E-state index contributed by atoms with van der Waals surface area (Å²) in [7, 11) is 0. The van der Waals surface area contributed by atoms with Crippen LogP contribution in [0.15, 0.2) is 67.4 Å². The number of hydrogen-bond acceptors (Lipinski definition) is 7. The Morgan fingerprint density at radius 3 is 2.09 bits per heavy atom. The summed E-state index contributed by atoms with van der Waals surface area (Å²) in [6, 6.07) is 19.2. The van der Waals surface area contributed by atoms with E-state index in [0.717, 1.165) is 37.4 Å². The van der Waals surface area contributed by atoms with Crippen LogP contribution in [0.3, 0.4) is 0 Å². The Hall–Kier alpha value is -3.81. The van der Waals surface area contributed by atoms with E-state index in [1.807, 2.05) is 102 Å². The van der Waals surface area contributed by atoms with Crippen LogP contribution in [0.25, 0.3) is 0 Å². The number of hydrogen-bond donors (Lipinski definition) is 4. The largest absolute Gasteiger partial charge is 0.362 e. The van der Waals surface area contributed by atoms with Crippen molar-refractivity contribution in [2.24, 2.45) is 0 Å². The molecule has 2 aromatic rings. The topological polar surface area (TPSA) is 126 Å². The number of nitrogens with one attached hydrogen (secondary N) is 4. The normalized spacial score (nSPS) is 12.6. The van der Waals surface area contributed by atoms with Gasteiger partial charge in [-0.1, -0.05) is 43.8 Å². The molecule has 9 nitrogen and oxygen atoms in total. The van der Waals surface area contributed by atoms with Gasteiger partial charge in [0.15, 0.2) is 0 Å². The molecule has 0 spiro atoms. The predicted octanol–water partition coefficient (Wildman–Crippen LogP) is 5.92. The van der Waals surface area contributed by atoms with Gasteiger partial charge >= 0.3 is 0 Å². The molecule has 1 atom stereocenters. The van der Waals surface area contributed by atoms with Gasteiger partial charge in [-0.05, 0) is 95.9 Å². The first kappa shape index (κ1) is 41.2. The third kappa shape index (κ3) is 19.2. The molecule has 0 saturated carbocycles. The lowest BCUT2D eigenvalue weighted by Crippen LogP contribution is -2.39. The molecule has 3 amide bonds. The van der Waals surface area contributed by atoms with Gasteiger partial charge in [-0.2, -0.15) is 17.0 Å². The van der Waals surface area contributed by atoms with Gasteiger partial charge in [-0.15, -0.1) is 0 Å². The average molecular weight is 639 g/mol. The number of anilines is 1. The summed E-state index contributed by atoms with van der Waals surface area (Å²) >= 11 is 1.56. The molecule has 2 aromatic carbocycles. The van der Waals surface area contributed by atoms with E-state index >= 15 is 0 Å². The van der Waals surface area contributed by atoms with Crippen molar-refractivity contribution in [3.8, 4) is 6.07 Å². The van der Waals surface area contributed by atoms with E-state index in [1.54, 1.807) is 18.0 Å². The van der Waals surface area contributed by atoms with Gasteiger partial charge in [0.05, 0.1) is 16.9 Å². The Labute approximate surface area is 275 Å². The zero-order chi connectivity index (χ0) is 34.1. The minimum atomic E-state index is -0.285. The first-order valence-corrected chi connectivity index (χ1v) is 16.7. The Kier molecular flexibility index (Phi) is 22.4. The maximum Gasteiger partial charge on any atom is 0.251 e. The second-order valence-corrected chi connectivity index (χ2v) is 11.9. The highest BCUT2D eigenvalue weighted by molar-refractivity contribution is 7.99. The quantitative estimate of drug-likeness (QED) is 0.241. The summed E-state index contributed by atoms with van der Waals surface area (Å²) < 4.78 is 0. The number of carbonyl (C=O) groups is 3. The Balaban J connectivity index is 0.000000647. The zero-order valence-electron chi connectivity index (χ0n) is 28.2. The summed E-state index contributed by atoms with van der Waals surface area (Å²) in [5.74, 6) is 0.114. The summed E-state index contributed by atoms with van der Waals surface area (Å²) in [5, 5.41) is 19.3. The molecular weight excluding hydrogens is 584 g/mol. The molecule has 4 N–H and O–H groups in total. The second-order valence-electron chi connectivity index (χ2n) is 10.7. The third-order valence-electron chi connectivity index (χ3n) is 6.54. The fraction of sp³-hybridized carbons (Fsp3) is 0.486. The van der Waals surface area contributed by atoms with E-state index in [0.29, 0.717) is 18.5 Å². The number of thioether (sulfide) groups is 1. The molecule has 1 fully saturated rings. The van der Waals surface area contributed by atoms with Crippen molar-refractivity contribution in [2.45, 2.75) is 71.6 Å². The zero-order valence-corrected chi connectivity index (χ0v) is 29.1. The van der Waals surface area contributed by atoms with Gasteiger partial charge in [0.1, 0.15) is 0 Å². The minimum absolute atomic E-state index is 0.00569. The van der Waals surface area contributed by atoms with E-state index < -0.39 is 0 Å². The standard InChI is InChI=1S/C15H21N3O.C11H15NO.C6H13NOS.C3H5N/c1-2-16-14-7-5-13(6-8-14)15(19)17-9-12-18-10-3-4-11-18;1-9(13)12-11(2,3)10-7-5-4-6-8-10;1-4-7-6(8)5(2)9-3;1-2-3-4/h2,5-8,16H,1,3-4,9-12H2,(H,17,19);4-8H,1-3H3,(H,12,13);5H,4H2,1-3H3,(H,7,8);2H2,1H3. The Morgan fingerprint density at radius 2 is 1.62 bits per heavy atom. The molecule has 1 aliphatic rings. The number of nitrogens with zero attached hydrogens (tertiary/aromatic N) is 2. The van der Waals surface area contributed by atoms with Crippen molar-refractivity contribution in [3.63, 3.8) is 0 Å². The molecule has 0 bridgehead atoms. The van der Waals surface area contributed by atoms with Gasteiger partial charge in [0.25, 0.3) is 5.91 Å². The summed E-state index contributed by atoms with van der Waals surface area (Å²) in [6.45, 7) is 19.5. The average Bonchev–Trinajstić information content (AvgIpc) is 3.55. The highest BCUT2D eigenvalue weighted by Gasteiger charge is 2.20. The molecule has 1 aliphatic heterocycles. The van der Waals surface area contributed by atoms with E-state index in [9.17, 15) is 14.4 Å². The first-order valence-electron chi connectivity index (χ1n) is 15.4. The van der Waals surface area contributed by atoms with Crippen LogP contribution in [0.4, 0.5) is 5.69 Å². The lowest BCUT2D eigenvalue weighted by atomic mass is 9.94. The van der Waals surface area contributed by atoms with Gasteiger partial charge in [-0.25, -0.2) is 0 Å². The maximum absolute atomic E-state index is 11.9. The van der Waals surface area contributed by atoms with E-state index in [1.165, 1.54) is 19.8 Å². The smallest absolute Gasteiger partial charge is 0.251 e. The summed E-state index contributed by atoms with van der Waals surface area (Å²) in [4.78, 5) is 36.1. The summed E-state index contributed by atoms with van der Waals surface area (Å²) in [5.41, 5.74) is 2.46. The Morgan fingerprint density at radius 1 is 1.04 bits per heavy atom. The van der Waals surface area contributed by atoms with Crippen molar-refractivity contribution in [1.29, 1.82) is 5.26 Å². The summed E-state index contributed by atoms with van der Waals surface area (Å²) in [6.07, 6.45) is 6.74. The number of nitriles is 1. The molecule has 1 heterocycles. The van der Waals surface area contributed by atoms with Crippen molar-refractivity contribution < 1.29 is 14.4 Å². The van der Waals surface area contributed by atoms with Crippen molar-refractivity contribution in [2.75, 3.05) is 44.3 Å². The molecule has 1 saturated heterocycles. The van der Waals surface area contributed by atoms with Crippen LogP contribution < -0.4 is 21.3 Å². The highest BCUT2D eigenvalue weighted by Crippen LogP contribution is 2.18. The van der Waals surface area contributed by atoms with E-state index in [-0.39, 0.29) is 28.5 Å². The van der Waals surface area contributed by atoms with Crippen LogP contribution in [0.1, 0.15) is 76.7 Å². The molecule has 0 radical (unpaired) electrons. The second kappa shape index (κ2) is 24.5. The molecule has 45 heavy (non-hydrogen) atoms. The predicted molar refractivity (Wildman–Crippen MR) is 189 cm³/mol. The monoisotopic (exact) mass is 638 g/mol. The lowest BCUT2D eigenvalue weighted by Gasteiger charge is -2.26. The minimum Gasteiger partial charge on any atom is -0.362 e. The number of benzene rings is 2. The maximum atomic E-state index is 11.9. The van der Waals surface area contributed by atoms with Crippen molar-refractivity contribution in [1.82, 2.24) is 20.9 Å². The van der Waals surface area contributed by atoms with E-state index in [2.05, 4.69) is 32.7 Å². The fourth-order valence-corrected chi connectivity index (χ4v) is 4.36. The Bertz CT molecular complexity index is 1160. The molecule has 10 heteroatoms. The number of amides is 3. The SMILES string of the molecule is C=CNc1ccc(C(=O)NCCN2CCCC2)cc1.CC(=O)NC(C)(C)c1ccccc1.CCC#N.CCNC(=O)C(C)SC. The third-order valence-corrected chi connectivity index (χ3v) is 7.47. The van der Waals surface area contributed by atoms with Gasteiger partial charge in [0, 0.05) is 44.2 Å². The fourth-order valence-electron chi connectivity index (χ4n) is 4.06. The molecule has 248 valence electrons. The molecular formula is C35H54N6O3S. The first-order chi connectivity index (χ1) is 21.4. The highest BCUT2D eigenvalue weighted by atomic mass is 32.2. The number of rotatable bonds is 11. The van der Waals surface area contributed by atoms with Gasteiger partial charge < -0.3 is 26.2 Å². The van der Waals surface area contributed by atoms with Crippen molar-refractivity contribution >= 4 is 35.2 Å². The van der Waals surface area contributed by atoms with Gasteiger partial charge in [0.2, 0.25) is 11.8 Å². The number of carbonyl (C=O) groups excluding carboxylic acids is 3. The lowest BCUT2D eigenvalue weighted by molar-refractivity contribution is -0.121. The van der Waals surface area contributed by atoms with Crippen LogP contribution in [0.2, 0.25) is 0 Å². The van der Waals surface area contributed by atoms with E-state index in [4.69, 9.17) is 5.26 Å². The van der Waals surface area contributed by atoms with Crippen LogP contribution in [-0.2, 0) is 15.1 Å². The van der Waals surface area contributed by atoms with Crippen molar-refractivity contribution in [3.05, 3.63) is 78.5 Å².